The van der Waals surface area contributed by atoms with Crippen molar-refractivity contribution in [2.45, 2.75) is 25.4 Å². The first-order valence-electron chi connectivity index (χ1n) is 7.40. The second kappa shape index (κ2) is 5.46. The summed E-state index contributed by atoms with van der Waals surface area (Å²) in [7, 11) is -3.06. The number of H-pyrrole nitrogens is 1. The molecule has 2 fully saturated rings. The van der Waals surface area contributed by atoms with E-state index in [1.807, 2.05) is 0 Å². The van der Waals surface area contributed by atoms with E-state index in [4.69, 9.17) is 0 Å². The number of hydrogen-bond donors (Lipinski definition) is 1. The molecule has 3 rings (SSSR count). The minimum atomic E-state index is -3.06. The minimum absolute atomic E-state index is 0.0531. The fraction of sp³-hybridized carbons (Fsp3) is 0.643. The van der Waals surface area contributed by atoms with Crippen molar-refractivity contribution < 1.29 is 13.2 Å². The summed E-state index contributed by atoms with van der Waals surface area (Å²) >= 11 is 0. The van der Waals surface area contributed by atoms with Crippen LogP contribution in [-0.2, 0) is 9.84 Å². The first-order chi connectivity index (χ1) is 10.0. The molecule has 6 nitrogen and oxygen atoms in total. The van der Waals surface area contributed by atoms with E-state index in [1.165, 1.54) is 0 Å². The number of nitrogens with one attached hydrogen (secondary N) is 1. The molecule has 2 atom stereocenters. The Bertz CT molecular complexity index is 611. The largest absolute Gasteiger partial charge is 0.357 e. The van der Waals surface area contributed by atoms with E-state index in [2.05, 4.69) is 16.8 Å². The Morgan fingerprint density at radius 1 is 1.33 bits per heavy atom. The number of amides is 1. The third-order valence-electron chi connectivity index (χ3n) is 4.39. The van der Waals surface area contributed by atoms with Gasteiger partial charge < -0.3 is 9.88 Å². The Morgan fingerprint density at radius 3 is 2.76 bits per heavy atom. The molecule has 3 heterocycles. The molecule has 0 saturated carbocycles. The van der Waals surface area contributed by atoms with Gasteiger partial charge in [0.2, 0.25) is 0 Å². The number of aromatic amines is 1. The summed E-state index contributed by atoms with van der Waals surface area (Å²) < 4.78 is 24.1. The molecule has 7 heteroatoms. The first kappa shape index (κ1) is 14.6. The van der Waals surface area contributed by atoms with Gasteiger partial charge in [0.05, 0.1) is 17.5 Å². The summed E-state index contributed by atoms with van der Waals surface area (Å²) in [6.07, 6.45) is 2.71. The van der Waals surface area contributed by atoms with Crippen molar-refractivity contribution in [3.63, 3.8) is 0 Å². The normalized spacial score (nSPS) is 28.5. The van der Waals surface area contributed by atoms with E-state index in [9.17, 15) is 13.2 Å². The highest BCUT2D eigenvalue weighted by Crippen LogP contribution is 2.28. The highest BCUT2D eigenvalue weighted by atomic mass is 32.2. The van der Waals surface area contributed by atoms with Crippen molar-refractivity contribution >= 4 is 15.7 Å². The zero-order valence-electron chi connectivity index (χ0n) is 12.2. The fourth-order valence-electron chi connectivity index (χ4n) is 3.46. The first-order valence-corrected chi connectivity index (χ1v) is 9.23. The van der Waals surface area contributed by atoms with Gasteiger partial charge in [0.25, 0.3) is 5.91 Å². The van der Waals surface area contributed by atoms with Gasteiger partial charge in [0.1, 0.15) is 5.69 Å². The van der Waals surface area contributed by atoms with Gasteiger partial charge in [-0.3, -0.25) is 9.69 Å². The van der Waals surface area contributed by atoms with Crippen LogP contribution in [0.25, 0.3) is 0 Å². The van der Waals surface area contributed by atoms with E-state index in [0.717, 1.165) is 19.5 Å². The van der Waals surface area contributed by atoms with Gasteiger partial charge in [0.15, 0.2) is 9.84 Å². The number of sulfone groups is 1. The molecule has 21 heavy (non-hydrogen) atoms. The molecule has 0 aromatic carbocycles. The average Bonchev–Trinajstić information content (AvgIpc) is 3.05. The molecule has 2 aliphatic rings. The maximum Gasteiger partial charge on any atom is 0.270 e. The molecule has 2 unspecified atom stereocenters. The highest BCUT2D eigenvalue weighted by Gasteiger charge is 2.47. The molecule has 0 aliphatic carbocycles. The number of carbonyl (C=O) groups excluding carboxylic acids is 1. The smallest absolute Gasteiger partial charge is 0.270 e. The second-order valence-corrected chi connectivity index (χ2v) is 7.98. The number of fused-ring (bicyclic) bond motifs is 1. The third-order valence-corrected chi connectivity index (χ3v) is 6.09. The zero-order chi connectivity index (χ0) is 15.0. The molecule has 2 aliphatic heterocycles. The molecule has 1 amide bonds. The van der Waals surface area contributed by atoms with Gasteiger partial charge in [-0.1, -0.05) is 6.92 Å². The average molecular weight is 311 g/mol. The molecular formula is C14H21N3O3S. The Hall–Kier alpha value is -1.34. The fourth-order valence-corrected chi connectivity index (χ4v) is 5.47. The van der Waals surface area contributed by atoms with E-state index in [1.54, 1.807) is 23.2 Å². The monoisotopic (exact) mass is 311 g/mol. The number of piperazine rings is 1. The number of carbonyl (C=O) groups is 1. The van der Waals surface area contributed by atoms with Crippen LogP contribution in [0, 0.1) is 0 Å². The van der Waals surface area contributed by atoms with Gasteiger partial charge >= 0.3 is 0 Å². The van der Waals surface area contributed by atoms with Crippen LogP contribution in [0.5, 0.6) is 0 Å². The van der Waals surface area contributed by atoms with Gasteiger partial charge in [-0.2, -0.15) is 0 Å². The van der Waals surface area contributed by atoms with Crippen molar-refractivity contribution in [3.8, 4) is 0 Å². The van der Waals surface area contributed by atoms with E-state index >= 15 is 0 Å². The quantitative estimate of drug-likeness (QED) is 0.874. The number of hydrogen-bond acceptors (Lipinski definition) is 4. The van der Waals surface area contributed by atoms with Crippen molar-refractivity contribution in [3.05, 3.63) is 24.0 Å². The Labute approximate surface area is 125 Å². The van der Waals surface area contributed by atoms with Gasteiger partial charge in [0, 0.05) is 25.3 Å². The lowest BCUT2D eigenvalue weighted by molar-refractivity contribution is 0.0329. The summed E-state index contributed by atoms with van der Waals surface area (Å²) in [5.74, 6) is 0.166. The maximum atomic E-state index is 12.6. The van der Waals surface area contributed by atoms with Crippen molar-refractivity contribution in [2.75, 3.05) is 31.1 Å². The van der Waals surface area contributed by atoms with Crippen LogP contribution < -0.4 is 0 Å². The molecule has 0 bridgehead atoms. The number of nitrogens with zero attached hydrogens (tertiary/aromatic N) is 2. The predicted octanol–water partition coefficient (Wildman–Crippen LogP) is 0.348. The highest BCUT2D eigenvalue weighted by molar-refractivity contribution is 7.91. The zero-order valence-corrected chi connectivity index (χ0v) is 13.0. The summed E-state index contributed by atoms with van der Waals surface area (Å²) in [6, 6.07) is 3.25. The summed E-state index contributed by atoms with van der Waals surface area (Å²) in [5, 5.41) is 0. The van der Waals surface area contributed by atoms with Crippen molar-refractivity contribution in [1.82, 2.24) is 14.8 Å². The van der Waals surface area contributed by atoms with Crippen LogP contribution in [-0.4, -0.2) is 72.3 Å². The van der Waals surface area contributed by atoms with Crippen molar-refractivity contribution in [2.24, 2.45) is 0 Å². The summed E-state index contributed by atoms with van der Waals surface area (Å²) in [6.45, 7) is 4.32. The van der Waals surface area contributed by atoms with Gasteiger partial charge in [-0.15, -0.1) is 0 Å². The molecule has 0 radical (unpaired) electrons. The molecule has 1 N–H and O–H groups in total. The molecular weight excluding hydrogens is 290 g/mol. The lowest BCUT2D eigenvalue weighted by Crippen LogP contribution is -2.60. The minimum Gasteiger partial charge on any atom is -0.357 e. The van der Waals surface area contributed by atoms with E-state index in [0.29, 0.717) is 12.2 Å². The van der Waals surface area contributed by atoms with E-state index < -0.39 is 9.84 Å². The second-order valence-electron chi connectivity index (χ2n) is 5.83. The lowest BCUT2D eigenvalue weighted by atomic mass is 10.0. The van der Waals surface area contributed by atoms with Gasteiger partial charge in [-0.25, -0.2) is 8.42 Å². The van der Waals surface area contributed by atoms with Crippen LogP contribution in [0.15, 0.2) is 18.3 Å². The summed E-state index contributed by atoms with van der Waals surface area (Å²) in [5.41, 5.74) is 0.530. The van der Waals surface area contributed by atoms with Gasteiger partial charge in [-0.05, 0) is 25.1 Å². The Morgan fingerprint density at radius 2 is 2.10 bits per heavy atom. The maximum absolute atomic E-state index is 12.6. The summed E-state index contributed by atoms with van der Waals surface area (Å²) in [4.78, 5) is 19.5. The number of aromatic nitrogens is 1. The van der Waals surface area contributed by atoms with Crippen LogP contribution >= 0.6 is 0 Å². The number of rotatable bonds is 3. The Kier molecular flexibility index (Phi) is 3.79. The van der Waals surface area contributed by atoms with Crippen LogP contribution in [0.1, 0.15) is 23.8 Å². The van der Waals surface area contributed by atoms with Crippen LogP contribution in [0.4, 0.5) is 0 Å². The molecule has 0 spiro atoms. The lowest BCUT2D eigenvalue weighted by Gasteiger charge is -2.43. The standard InChI is InChI=1S/C14H21N3O3S/c1-2-6-16-7-8-17(14(18)11-4-3-5-15-11)13-10-21(19,20)9-12(13)16/h3-5,12-13,15H,2,6-10H2,1H3. The van der Waals surface area contributed by atoms with Crippen molar-refractivity contribution in [1.29, 1.82) is 0 Å². The molecule has 1 aromatic heterocycles. The molecule has 116 valence electrons. The van der Waals surface area contributed by atoms with Crippen LogP contribution in [0.3, 0.4) is 0 Å². The predicted molar refractivity (Wildman–Crippen MR) is 79.9 cm³/mol. The molecule has 1 aromatic rings. The topological polar surface area (TPSA) is 73.5 Å². The molecule has 2 saturated heterocycles. The third kappa shape index (κ3) is 2.72. The SMILES string of the molecule is CCCN1CCN(C(=O)c2ccc[nH]2)C2CS(=O)(=O)CC21. The Balaban J connectivity index is 1.86. The van der Waals surface area contributed by atoms with Crippen LogP contribution in [0.2, 0.25) is 0 Å². The van der Waals surface area contributed by atoms with E-state index in [-0.39, 0.29) is 29.5 Å².